The molecule has 0 atom stereocenters. The third-order valence-corrected chi connectivity index (χ3v) is 8.69. The summed E-state index contributed by atoms with van der Waals surface area (Å²) < 4.78 is 0.672. The van der Waals surface area contributed by atoms with E-state index in [2.05, 4.69) is 56.4 Å². The molecule has 0 heterocycles. The van der Waals surface area contributed by atoms with E-state index in [1.807, 2.05) is 0 Å². The van der Waals surface area contributed by atoms with Crippen LogP contribution in [0.1, 0.15) is 92.5 Å². The van der Waals surface area contributed by atoms with E-state index in [4.69, 9.17) is 0 Å². The summed E-state index contributed by atoms with van der Waals surface area (Å²) in [7, 11) is 0. The maximum atomic E-state index is 2.70. The summed E-state index contributed by atoms with van der Waals surface area (Å²) in [5.74, 6) is 0. The Hall–Kier alpha value is -0.0500. The molecule has 0 saturated heterocycles. The molecule has 0 aliphatic heterocycles. The topological polar surface area (TPSA) is 0 Å². The van der Waals surface area contributed by atoms with Crippen molar-refractivity contribution in [3.05, 3.63) is 33.9 Å². The average Bonchev–Trinajstić information content (AvgIpc) is 3.47. The Morgan fingerprint density at radius 3 is 2.17 bits per heavy atom. The molecule has 2 saturated carbocycles. The Bertz CT molecular complexity index is 591. The van der Waals surface area contributed by atoms with Crippen molar-refractivity contribution >= 4 is 22.6 Å². The van der Waals surface area contributed by atoms with E-state index in [9.17, 15) is 0 Å². The summed E-state index contributed by atoms with van der Waals surface area (Å²) in [6, 6.07) is 2.49. The molecule has 1 aromatic rings. The first-order chi connectivity index (χ1) is 11.4. The van der Waals surface area contributed by atoms with Crippen LogP contribution in [0.15, 0.2) is 6.07 Å². The molecule has 2 aliphatic carbocycles. The van der Waals surface area contributed by atoms with Gasteiger partial charge in [-0.3, -0.25) is 0 Å². The lowest BCUT2D eigenvalue weighted by atomic mass is 9.87. The van der Waals surface area contributed by atoms with Crippen molar-refractivity contribution in [1.82, 2.24) is 0 Å². The molecule has 0 radical (unpaired) electrons. The molecule has 1 aromatic carbocycles. The number of halogens is 1. The minimum atomic E-state index is 0.672. The third kappa shape index (κ3) is 4.37. The van der Waals surface area contributed by atoms with Gasteiger partial charge in [-0.15, -0.1) is 0 Å². The zero-order chi connectivity index (χ0) is 17.4. The lowest BCUT2D eigenvalue weighted by molar-refractivity contribution is 0.433. The van der Waals surface area contributed by atoms with E-state index in [0.717, 1.165) is 5.41 Å². The van der Waals surface area contributed by atoms with Crippen molar-refractivity contribution in [3.8, 4) is 0 Å². The normalized spacial score (nSPS) is 20.2. The summed E-state index contributed by atoms with van der Waals surface area (Å²) in [6.07, 6.45) is 15.4. The number of alkyl halides is 1. The largest absolute Gasteiger partial charge is 0.0789 e. The monoisotopic (exact) mass is 438 g/mol. The van der Waals surface area contributed by atoms with Crippen LogP contribution >= 0.6 is 22.6 Å². The Kier molecular flexibility index (Phi) is 5.69. The van der Waals surface area contributed by atoms with E-state index in [1.54, 1.807) is 22.3 Å². The average molecular weight is 438 g/mol. The zero-order valence-electron chi connectivity index (χ0n) is 16.2. The fourth-order valence-electron chi connectivity index (χ4n) is 4.40. The second-order valence-electron chi connectivity index (χ2n) is 8.79. The Balaban J connectivity index is 1.63. The Morgan fingerprint density at radius 2 is 1.58 bits per heavy atom. The van der Waals surface area contributed by atoms with Crippen LogP contribution < -0.4 is 0 Å². The molecule has 134 valence electrons. The van der Waals surface area contributed by atoms with Crippen molar-refractivity contribution < 1.29 is 0 Å². The van der Waals surface area contributed by atoms with Gasteiger partial charge in [-0.05, 0) is 118 Å². The van der Waals surface area contributed by atoms with Crippen molar-refractivity contribution in [3.63, 3.8) is 0 Å². The number of aryl methyl sites for hydroxylation is 2. The Labute approximate surface area is 163 Å². The fourth-order valence-corrected chi connectivity index (χ4v) is 5.06. The van der Waals surface area contributed by atoms with Crippen molar-refractivity contribution in [2.45, 2.75) is 102 Å². The van der Waals surface area contributed by atoms with Crippen LogP contribution in [-0.4, -0.2) is 3.42 Å². The van der Waals surface area contributed by atoms with Gasteiger partial charge in [0.1, 0.15) is 0 Å². The number of hydrogen-bond donors (Lipinski definition) is 0. The molecule has 3 rings (SSSR count). The molecular weight excluding hydrogens is 403 g/mol. The van der Waals surface area contributed by atoms with Gasteiger partial charge in [-0.2, -0.15) is 0 Å². The minimum Gasteiger partial charge on any atom is -0.0789 e. The van der Waals surface area contributed by atoms with E-state index < -0.39 is 0 Å². The highest BCUT2D eigenvalue weighted by molar-refractivity contribution is 14.1. The third-order valence-electron chi connectivity index (χ3n) is 7.07. The van der Waals surface area contributed by atoms with Gasteiger partial charge in [0.2, 0.25) is 0 Å². The number of benzene rings is 1. The molecule has 0 spiro atoms. The SMILES string of the molecule is CCC1(CCCc2cc(C)c(C)c(CCCC3(I)CC3)c2C)CC1. The molecule has 0 nitrogen and oxygen atoms in total. The molecule has 1 heteroatoms. The van der Waals surface area contributed by atoms with Crippen LogP contribution in [0.4, 0.5) is 0 Å². The molecule has 0 N–H and O–H groups in total. The van der Waals surface area contributed by atoms with Crippen LogP contribution in [0.3, 0.4) is 0 Å². The minimum absolute atomic E-state index is 0.672. The van der Waals surface area contributed by atoms with E-state index in [-0.39, 0.29) is 0 Å². The molecule has 0 aromatic heterocycles. The molecule has 2 fully saturated rings. The summed E-state index contributed by atoms with van der Waals surface area (Å²) in [4.78, 5) is 0. The second kappa shape index (κ2) is 7.29. The summed E-state index contributed by atoms with van der Waals surface area (Å²) in [5, 5.41) is 0. The lowest BCUT2D eigenvalue weighted by Crippen LogP contribution is -2.05. The highest BCUT2D eigenvalue weighted by atomic mass is 127. The van der Waals surface area contributed by atoms with Crippen molar-refractivity contribution in [2.75, 3.05) is 0 Å². The van der Waals surface area contributed by atoms with E-state index in [0.29, 0.717) is 3.42 Å². The van der Waals surface area contributed by atoms with Crippen LogP contribution in [0.25, 0.3) is 0 Å². The molecule has 24 heavy (non-hydrogen) atoms. The highest BCUT2D eigenvalue weighted by Crippen LogP contribution is 2.52. The van der Waals surface area contributed by atoms with Gasteiger partial charge in [0.25, 0.3) is 0 Å². The number of hydrogen-bond acceptors (Lipinski definition) is 0. The van der Waals surface area contributed by atoms with E-state index in [1.165, 1.54) is 76.2 Å². The maximum Gasteiger partial charge on any atom is 0.0223 e. The second-order valence-corrected chi connectivity index (χ2v) is 11.1. The molecular formula is C23H35I. The van der Waals surface area contributed by atoms with Gasteiger partial charge in [-0.25, -0.2) is 0 Å². The quantitative estimate of drug-likeness (QED) is 0.278. The smallest absolute Gasteiger partial charge is 0.0223 e. The predicted octanol–water partition coefficient (Wildman–Crippen LogP) is 7.42. The zero-order valence-corrected chi connectivity index (χ0v) is 18.4. The lowest BCUT2D eigenvalue weighted by Gasteiger charge is -2.19. The van der Waals surface area contributed by atoms with Gasteiger partial charge < -0.3 is 0 Å². The molecule has 2 aliphatic rings. The summed E-state index contributed by atoms with van der Waals surface area (Å²) in [5.41, 5.74) is 8.73. The molecule has 0 bridgehead atoms. The van der Waals surface area contributed by atoms with Gasteiger partial charge in [0.05, 0.1) is 0 Å². The van der Waals surface area contributed by atoms with Crippen LogP contribution in [0, 0.1) is 26.2 Å². The van der Waals surface area contributed by atoms with E-state index >= 15 is 0 Å². The first-order valence-corrected chi connectivity index (χ1v) is 11.2. The van der Waals surface area contributed by atoms with Crippen LogP contribution in [0.5, 0.6) is 0 Å². The highest BCUT2D eigenvalue weighted by Gasteiger charge is 2.39. The molecule has 0 amide bonds. The van der Waals surface area contributed by atoms with Crippen LogP contribution in [-0.2, 0) is 12.8 Å². The Morgan fingerprint density at radius 1 is 0.917 bits per heavy atom. The summed E-state index contributed by atoms with van der Waals surface area (Å²) >= 11 is 2.70. The summed E-state index contributed by atoms with van der Waals surface area (Å²) in [6.45, 7) is 9.43. The van der Waals surface area contributed by atoms with Crippen molar-refractivity contribution in [2.24, 2.45) is 5.41 Å². The maximum absolute atomic E-state index is 2.70. The van der Waals surface area contributed by atoms with Gasteiger partial charge >= 0.3 is 0 Å². The van der Waals surface area contributed by atoms with Crippen molar-refractivity contribution in [1.29, 1.82) is 0 Å². The van der Waals surface area contributed by atoms with Gasteiger partial charge in [0.15, 0.2) is 0 Å². The first-order valence-electron chi connectivity index (χ1n) is 10.2. The molecule has 0 unspecified atom stereocenters. The van der Waals surface area contributed by atoms with Gasteiger partial charge in [-0.1, -0.05) is 42.0 Å². The van der Waals surface area contributed by atoms with Gasteiger partial charge in [0, 0.05) is 3.42 Å². The standard InChI is InChI=1S/C23H35I/c1-5-22(12-13-22)10-6-8-20-16-17(2)18(3)21(19(20)4)9-7-11-23(24)14-15-23/h16H,5-15H2,1-4H3. The predicted molar refractivity (Wildman–Crippen MR) is 114 cm³/mol. The number of rotatable bonds is 9. The fraction of sp³-hybridized carbons (Fsp3) is 0.739. The first kappa shape index (κ1) is 18.7. The van der Waals surface area contributed by atoms with Crippen LogP contribution in [0.2, 0.25) is 0 Å².